The Labute approximate surface area is 193 Å². The number of nitrogens with one attached hydrogen (secondary N) is 1. The van der Waals surface area contributed by atoms with Crippen LogP contribution in [0.4, 0.5) is 5.69 Å². The van der Waals surface area contributed by atoms with Gasteiger partial charge in [0.2, 0.25) is 0 Å². The lowest BCUT2D eigenvalue weighted by Crippen LogP contribution is -2.24. The zero-order valence-electron chi connectivity index (χ0n) is 24.2. The van der Waals surface area contributed by atoms with Crippen molar-refractivity contribution in [1.82, 2.24) is 0 Å². The van der Waals surface area contributed by atoms with Crippen LogP contribution >= 0.6 is 11.6 Å². The molecule has 6 nitrogen and oxygen atoms in total. The highest BCUT2D eigenvalue weighted by Crippen LogP contribution is 2.27. The lowest BCUT2D eigenvalue weighted by molar-refractivity contribution is -0.605. The van der Waals surface area contributed by atoms with Crippen LogP contribution in [0, 0.1) is 5.21 Å². The second kappa shape index (κ2) is 8.08. The highest BCUT2D eigenvalue weighted by molar-refractivity contribution is 7.92. The van der Waals surface area contributed by atoms with Crippen molar-refractivity contribution in [3.8, 4) is 0 Å². The minimum absolute atomic E-state index is 0.0736. The maximum absolute atomic E-state index is 13.2. The summed E-state index contributed by atoms with van der Waals surface area (Å²) in [7, 11) is -4.46. The maximum atomic E-state index is 13.2. The first-order chi connectivity index (χ1) is 17.7. The Morgan fingerprint density at radius 1 is 1.07 bits per heavy atom. The van der Waals surface area contributed by atoms with Crippen molar-refractivity contribution >= 4 is 33.1 Å². The molecule has 0 aliphatic heterocycles. The molecule has 8 heteroatoms. The number of benzene rings is 2. The highest BCUT2D eigenvalue weighted by Gasteiger charge is 2.21. The molecular formula is C22H21ClN2O4S. The van der Waals surface area contributed by atoms with Gasteiger partial charge in [-0.15, -0.1) is 0 Å². The molecule has 3 rings (SSSR count). The number of rotatable bonds is 5. The number of halogens is 1. The standard InChI is InChI=1S/C22H21ClN2O4S/c1-22(2,3)16-4-7-18(8-5-16)30(28,29)24-20-9-6-17(23)14-19(20)21(26)15-10-12-25(27)13-11-15/h4-14,24H,1-3H3/i1D3,2D3,3D3. The quantitative estimate of drug-likeness (QED) is 0.354. The summed E-state index contributed by atoms with van der Waals surface area (Å²) < 4.78 is 99.2. The van der Waals surface area contributed by atoms with E-state index in [-0.39, 0.29) is 21.8 Å². The van der Waals surface area contributed by atoms with Crippen molar-refractivity contribution in [3.63, 3.8) is 0 Å². The first kappa shape index (κ1) is 12.7. The van der Waals surface area contributed by atoms with Gasteiger partial charge in [-0.2, -0.15) is 4.73 Å². The van der Waals surface area contributed by atoms with Crippen LogP contribution in [0.15, 0.2) is 71.9 Å². The normalized spacial score (nSPS) is 17.6. The molecule has 2 aromatic carbocycles. The molecule has 0 fully saturated rings. The van der Waals surface area contributed by atoms with Crippen molar-refractivity contribution < 1.29 is 30.3 Å². The van der Waals surface area contributed by atoms with E-state index >= 15 is 0 Å². The summed E-state index contributed by atoms with van der Waals surface area (Å²) in [6.45, 7) is -10.5. The maximum Gasteiger partial charge on any atom is 0.261 e. The minimum atomic E-state index is -4.46. The van der Waals surface area contributed by atoms with Gasteiger partial charge in [0, 0.05) is 40.6 Å². The number of pyridine rings is 1. The van der Waals surface area contributed by atoms with Gasteiger partial charge in [-0.3, -0.25) is 9.52 Å². The van der Waals surface area contributed by atoms with E-state index in [1.807, 2.05) is 0 Å². The number of ketones is 1. The van der Waals surface area contributed by atoms with Crippen LogP contribution in [-0.4, -0.2) is 14.2 Å². The van der Waals surface area contributed by atoms with E-state index in [1.54, 1.807) is 0 Å². The zero-order chi connectivity index (χ0) is 29.6. The molecule has 0 unspecified atom stereocenters. The third-order valence-corrected chi connectivity index (χ3v) is 5.75. The van der Waals surface area contributed by atoms with E-state index in [4.69, 9.17) is 23.9 Å². The number of nitrogens with zero attached hydrogens (tertiary/aromatic N) is 1. The van der Waals surface area contributed by atoms with Gasteiger partial charge in [0.05, 0.1) is 10.6 Å². The number of anilines is 1. The van der Waals surface area contributed by atoms with Crippen LogP contribution in [0.5, 0.6) is 0 Å². The van der Waals surface area contributed by atoms with Gasteiger partial charge >= 0.3 is 0 Å². The van der Waals surface area contributed by atoms with Crippen molar-refractivity contribution in [2.75, 3.05) is 4.72 Å². The molecule has 0 radical (unpaired) electrons. The van der Waals surface area contributed by atoms with Crippen molar-refractivity contribution in [3.05, 3.63) is 93.9 Å². The number of aromatic nitrogens is 1. The Balaban J connectivity index is 2.06. The second-order valence-electron chi connectivity index (χ2n) is 6.35. The fourth-order valence-corrected chi connectivity index (χ4v) is 3.85. The summed E-state index contributed by atoms with van der Waals surface area (Å²) in [5, 5.41) is 11.4. The van der Waals surface area contributed by atoms with Gasteiger partial charge in [-0.05, 0) is 41.3 Å². The molecule has 3 aromatic rings. The molecule has 1 aromatic heterocycles. The van der Waals surface area contributed by atoms with Gasteiger partial charge in [0.1, 0.15) is 0 Å². The molecule has 0 atom stereocenters. The van der Waals surface area contributed by atoms with E-state index in [0.717, 1.165) is 36.7 Å². The second-order valence-corrected chi connectivity index (χ2v) is 8.46. The first-order valence-corrected chi connectivity index (χ1v) is 10.2. The summed E-state index contributed by atoms with van der Waals surface area (Å²) in [4.78, 5) is 12.6. The largest absolute Gasteiger partial charge is 0.619 e. The summed E-state index contributed by atoms with van der Waals surface area (Å²) >= 11 is 6.01. The lowest BCUT2D eigenvalue weighted by atomic mass is 9.87. The molecule has 0 saturated heterocycles. The zero-order valence-corrected chi connectivity index (χ0v) is 16.8. The van der Waals surface area contributed by atoms with E-state index in [9.17, 15) is 18.4 Å². The Kier molecular flexibility index (Phi) is 3.43. The fraction of sp³-hybridized carbons (Fsp3) is 0.182. The number of carbonyl (C=O) groups is 1. The van der Waals surface area contributed by atoms with Crippen LogP contribution < -0.4 is 9.45 Å². The number of carbonyl (C=O) groups excluding carboxylic acids is 1. The van der Waals surface area contributed by atoms with Crippen LogP contribution in [0.3, 0.4) is 0 Å². The van der Waals surface area contributed by atoms with Gasteiger partial charge in [-0.1, -0.05) is 44.3 Å². The molecule has 0 saturated carbocycles. The summed E-state index contributed by atoms with van der Waals surface area (Å²) in [6.07, 6.45) is 2.17. The average Bonchev–Trinajstić information content (AvgIpc) is 2.78. The van der Waals surface area contributed by atoms with Gasteiger partial charge in [0.25, 0.3) is 10.0 Å². The summed E-state index contributed by atoms with van der Waals surface area (Å²) in [5.41, 5.74) is -4.16. The predicted octanol–water partition coefficient (Wildman–Crippen LogP) is 4.30. The number of sulfonamides is 1. The number of hydrogen-bond donors (Lipinski definition) is 1. The molecule has 0 bridgehead atoms. The van der Waals surface area contributed by atoms with Gasteiger partial charge in [0.15, 0.2) is 18.2 Å². The van der Waals surface area contributed by atoms with E-state index in [1.165, 1.54) is 30.3 Å². The summed E-state index contributed by atoms with van der Waals surface area (Å²) in [5.74, 6) is -0.649. The van der Waals surface area contributed by atoms with Crippen LogP contribution in [0.25, 0.3) is 0 Å². The van der Waals surface area contributed by atoms with Gasteiger partial charge in [-0.25, -0.2) is 8.42 Å². The van der Waals surface area contributed by atoms with E-state index in [0.29, 0.717) is 4.73 Å². The third kappa shape index (κ3) is 4.80. The Morgan fingerprint density at radius 2 is 1.70 bits per heavy atom. The van der Waals surface area contributed by atoms with Crippen molar-refractivity contribution in [2.45, 2.75) is 30.9 Å². The van der Waals surface area contributed by atoms with Crippen molar-refractivity contribution in [1.29, 1.82) is 0 Å². The van der Waals surface area contributed by atoms with Crippen LogP contribution in [0.1, 0.15) is 54.4 Å². The Bertz CT molecular complexity index is 1450. The lowest BCUT2D eigenvalue weighted by Gasteiger charge is -2.19. The number of hydrogen-bond acceptors (Lipinski definition) is 4. The van der Waals surface area contributed by atoms with E-state index in [2.05, 4.69) is 4.72 Å². The highest BCUT2D eigenvalue weighted by atomic mass is 35.5. The third-order valence-electron chi connectivity index (χ3n) is 4.13. The van der Waals surface area contributed by atoms with E-state index < -0.39 is 52.2 Å². The van der Waals surface area contributed by atoms with Crippen LogP contribution in [-0.2, 0) is 15.4 Å². The van der Waals surface area contributed by atoms with Gasteiger partial charge < -0.3 is 5.21 Å². The molecule has 1 heterocycles. The Morgan fingerprint density at radius 3 is 2.30 bits per heavy atom. The Hall–Kier alpha value is -2.90. The average molecular weight is 454 g/mol. The smallest absolute Gasteiger partial charge is 0.261 e. The molecule has 30 heavy (non-hydrogen) atoms. The van der Waals surface area contributed by atoms with Crippen LogP contribution in [0.2, 0.25) is 5.02 Å². The summed E-state index contributed by atoms with van der Waals surface area (Å²) in [6, 6.07) is 9.66. The molecule has 1 N–H and O–H groups in total. The minimum Gasteiger partial charge on any atom is -0.619 e. The molecule has 0 amide bonds. The van der Waals surface area contributed by atoms with Crippen molar-refractivity contribution in [2.24, 2.45) is 0 Å². The molecule has 0 aliphatic carbocycles. The topological polar surface area (TPSA) is 90.2 Å². The molecule has 0 spiro atoms. The monoisotopic (exact) mass is 453 g/mol. The predicted molar refractivity (Wildman–Crippen MR) is 116 cm³/mol. The first-order valence-electron chi connectivity index (χ1n) is 12.9. The fourth-order valence-electron chi connectivity index (χ4n) is 2.60. The molecule has 0 aliphatic rings. The molecular weight excluding hydrogens is 424 g/mol. The molecule has 156 valence electrons. The SMILES string of the molecule is [2H]C([2H])([2H])C(c1ccc(S(=O)(=O)Nc2ccc(Cl)cc2C(=O)c2cc[n+]([O-])cc2)cc1)(C([2H])([2H])[2H])C([2H])([2H])[2H].